The summed E-state index contributed by atoms with van der Waals surface area (Å²) in [5.74, 6) is -2.38. The van der Waals surface area contributed by atoms with E-state index in [2.05, 4.69) is 0 Å². The third-order valence-corrected chi connectivity index (χ3v) is 4.01. The molecular weight excluding hydrogens is 320 g/mol. The number of rotatable bonds is 4. The van der Waals surface area contributed by atoms with Crippen molar-refractivity contribution in [2.75, 3.05) is 19.8 Å². The second-order valence-corrected chi connectivity index (χ2v) is 5.63. The fraction of sp³-hybridized carbons (Fsp3) is 1.00. The SMILES string of the molecule is OC[C@@H]1O[C@H](O[C@H]2[C@H](O)[C@H](O)CO[C@@]2(O)CO)[C@H](O)[C@H](O)[C@@H]1O. The predicted molar refractivity (Wildman–Crippen MR) is 68.6 cm³/mol. The minimum Gasteiger partial charge on any atom is -0.394 e. The van der Waals surface area contributed by atoms with E-state index in [0.717, 1.165) is 0 Å². The Kier molecular flexibility index (Phi) is 5.92. The Morgan fingerprint density at radius 3 is 2.17 bits per heavy atom. The van der Waals surface area contributed by atoms with Crippen molar-refractivity contribution < 1.29 is 55.1 Å². The van der Waals surface area contributed by atoms with E-state index in [9.17, 15) is 35.7 Å². The number of aliphatic hydroxyl groups excluding tert-OH is 7. The van der Waals surface area contributed by atoms with Gasteiger partial charge in [-0.2, -0.15) is 0 Å². The highest BCUT2D eigenvalue weighted by Crippen LogP contribution is 2.30. The highest BCUT2D eigenvalue weighted by Gasteiger charge is 2.53. The van der Waals surface area contributed by atoms with E-state index < -0.39 is 74.6 Å². The van der Waals surface area contributed by atoms with Crippen LogP contribution in [0.2, 0.25) is 0 Å². The summed E-state index contributed by atoms with van der Waals surface area (Å²) in [4.78, 5) is 0. The molecule has 9 atom stereocenters. The Morgan fingerprint density at radius 1 is 0.957 bits per heavy atom. The van der Waals surface area contributed by atoms with Gasteiger partial charge < -0.3 is 55.1 Å². The molecule has 8 N–H and O–H groups in total. The summed E-state index contributed by atoms with van der Waals surface area (Å²) in [6, 6.07) is 0. The average Bonchev–Trinajstić information content (AvgIpc) is 2.55. The minimum absolute atomic E-state index is 0.466. The van der Waals surface area contributed by atoms with Crippen LogP contribution in [-0.4, -0.2) is 115 Å². The topological polar surface area (TPSA) is 190 Å². The van der Waals surface area contributed by atoms with Crippen molar-refractivity contribution >= 4 is 0 Å². The highest BCUT2D eigenvalue weighted by atomic mass is 16.7. The molecule has 2 heterocycles. The quantitative estimate of drug-likeness (QED) is 0.243. The molecule has 23 heavy (non-hydrogen) atoms. The molecule has 136 valence electrons. The van der Waals surface area contributed by atoms with E-state index in [1.165, 1.54) is 0 Å². The Labute approximate surface area is 130 Å². The van der Waals surface area contributed by atoms with Gasteiger partial charge in [0, 0.05) is 0 Å². The van der Waals surface area contributed by atoms with Crippen LogP contribution in [0.5, 0.6) is 0 Å². The summed E-state index contributed by atoms with van der Waals surface area (Å²) in [7, 11) is 0. The van der Waals surface area contributed by atoms with Crippen LogP contribution in [-0.2, 0) is 14.2 Å². The Hall–Kier alpha value is -0.440. The molecule has 2 fully saturated rings. The summed E-state index contributed by atoms with van der Waals surface area (Å²) in [5, 5.41) is 77.2. The van der Waals surface area contributed by atoms with Gasteiger partial charge in [0.25, 0.3) is 0 Å². The fourth-order valence-electron chi connectivity index (χ4n) is 2.53. The van der Waals surface area contributed by atoms with Gasteiger partial charge in [0.05, 0.1) is 19.8 Å². The monoisotopic (exact) mass is 342 g/mol. The second kappa shape index (κ2) is 7.21. The molecule has 0 aromatic heterocycles. The average molecular weight is 342 g/mol. The molecule has 2 rings (SSSR count). The van der Waals surface area contributed by atoms with Crippen molar-refractivity contribution in [2.24, 2.45) is 0 Å². The van der Waals surface area contributed by atoms with Crippen molar-refractivity contribution in [1.29, 1.82) is 0 Å². The summed E-state index contributed by atoms with van der Waals surface area (Å²) in [5.41, 5.74) is 0. The van der Waals surface area contributed by atoms with E-state index in [1.807, 2.05) is 0 Å². The first kappa shape index (κ1) is 18.9. The maximum absolute atomic E-state index is 10.1. The van der Waals surface area contributed by atoms with Crippen LogP contribution in [0.1, 0.15) is 0 Å². The zero-order valence-electron chi connectivity index (χ0n) is 12.0. The van der Waals surface area contributed by atoms with Gasteiger partial charge in [0.1, 0.15) is 42.7 Å². The number of hydrogen-bond acceptors (Lipinski definition) is 11. The van der Waals surface area contributed by atoms with Crippen LogP contribution in [0, 0.1) is 0 Å². The number of ether oxygens (including phenoxy) is 3. The first-order chi connectivity index (χ1) is 10.7. The van der Waals surface area contributed by atoms with Gasteiger partial charge in [-0.1, -0.05) is 0 Å². The molecule has 0 saturated carbocycles. The highest BCUT2D eigenvalue weighted by molar-refractivity contribution is 4.95. The Bertz CT molecular complexity index is 393. The van der Waals surface area contributed by atoms with Crippen molar-refractivity contribution in [3.63, 3.8) is 0 Å². The van der Waals surface area contributed by atoms with Gasteiger partial charge >= 0.3 is 0 Å². The van der Waals surface area contributed by atoms with Crippen LogP contribution in [0.4, 0.5) is 0 Å². The van der Waals surface area contributed by atoms with Gasteiger partial charge in [-0.05, 0) is 0 Å². The largest absolute Gasteiger partial charge is 0.394 e. The Balaban J connectivity index is 2.17. The molecule has 2 saturated heterocycles. The maximum atomic E-state index is 10.1. The molecule has 0 aromatic rings. The van der Waals surface area contributed by atoms with E-state index in [0.29, 0.717) is 0 Å². The zero-order chi connectivity index (χ0) is 17.4. The summed E-state index contributed by atoms with van der Waals surface area (Å²) in [6.45, 7) is -2.15. The van der Waals surface area contributed by atoms with E-state index in [4.69, 9.17) is 19.3 Å². The van der Waals surface area contributed by atoms with Crippen LogP contribution in [0.15, 0.2) is 0 Å². The standard InChI is InChI=1S/C12H22O11/c13-1-5-7(17)8(18)9(19)11(22-5)23-10-6(16)4(15)2-21-12(10,20)3-14/h4-11,13-20H,1-3H2/t4-,5+,6-,7-,8-,9-,10+,11-,12+/m1/s1. The molecule has 0 unspecified atom stereocenters. The first-order valence-corrected chi connectivity index (χ1v) is 7.04. The van der Waals surface area contributed by atoms with Gasteiger partial charge in [-0.15, -0.1) is 0 Å². The Morgan fingerprint density at radius 2 is 1.61 bits per heavy atom. The third-order valence-electron chi connectivity index (χ3n) is 4.01. The van der Waals surface area contributed by atoms with Crippen molar-refractivity contribution in [1.82, 2.24) is 0 Å². The smallest absolute Gasteiger partial charge is 0.219 e. The lowest BCUT2D eigenvalue weighted by molar-refractivity contribution is -0.387. The van der Waals surface area contributed by atoms with E-state index in [-0.39, 0.29) is 0 Å². The first-order valence-electron chi connectivity index (χ1n) is 7.04. The number of hydrogen-bond donors (Lipinski definition) is 8. The molecule has 2 aliphatic rings. The normalized spacial score (nSPS) is 51.7. The minimum atomic E-state index is -2.38. The number of aliphatic hydroxyl groups is 8. The van der Waals surface area contributed by atoms with Crippen molar-refractivity contribution in [3.05, 3.63) is 0 Å². The molecule has 2 aliphatic heterocycles. The van der Waals surface area contributed by atoms with E-state index >= 15 is 0 Å². The van der Waals surface area contributed by atoms with Gasteiger partial charge in [0.15, 0.2) is 6.29 Å². The predicted octanol–water partition coefficient (Wildman–Crippen LogP) is -5.40. The molecule has 0 amide bonds. The van der Waals surface area contributed by atoms with Crippen LogP contribution < -0.4 is 0 Å². The fourth-order valence-corrected chi connectivity index (χ4v) is 2.53. The lowest BCUT2D eigenvalue weighted by atomic mass is 9.96. The summed E-state index contributed by atoms with van der Waals surface area (Å²) >= 11 is 0. The van der Waals surface area contributed by atoms with Crippen LogP contribution >= 0.6 is 0 Å². The third kappa shape index (κ3) is 3.50. The van der Waals surface area contributed by atoms with Crippen LogP contribution in [0.3, 0.4) is 0 Å². The maximum Gasteiger partial charge on any atom is 0.219 e. The van der Waals surface area contributed by atoms with Crippen molar-refractivity contribution in [2.45, 2.75) is 54.8 Å². The molecule has 0 bridgehead atoms. The molecular formula is C12H22O11. The van der Waals surface area contributed by atoms with Crippen LogP contribution in [0.25, 0.3) is 0 Å². The molecule has 0 radical (unpaired) electrons. The lowest BCUT2D eigenvalue weighted by Gasteiger charge is -2.47. The molecule has 11 heteroatoms. The second-order valence-electron chi connectivity index (χ2n) is 5.63. The van der Waals surface area contributed by atoms with Crippen molar-refractivity contribution in [3.8, 4) is 0 Å². The summed E-state index contributed by atoms with van der Waals surface area (Å²) in [6.07, 6.45) is -12.9. The van der Waals surface area contributed by atoms with Gasteiger partial charge in [0.2, 0.25) is 5.79 Å². The molecule has 0 aliphatic carbocycles. The molecule has 0 aromatic carbocycles. The molecule has 0 spiro atoms. The van der Waals surface area contributed by atoms with Gasteiger partial charge in [-0.3, -0.25) is 0 Å². The van der Waals surface area contributed by atoms with E-state index in [1.54, 1.807) is 0 Å². The molecule has 11 nitrogen and oxygen atoms in total. The summed E-state index contributed by atoms with van der Waals surface area (Å²) < 4.78 is 15.1. The lowest BCUT2D eigenvalue weighted by Crippen LogP contribution is -2.67. The zero-order valence-corrected chi connectivity index (χ0v) is 12.0. The van der Waals surface area contributed by atoms with Gasteiger partial charge in [-0.25, -0.2) is 0 Å².